The predicted octanol–water partition coefficient (Wildman–Crippen LogP) is 2.61. The molecule has 0 aromatic carbocycles. The lowest BCUT2D eigenvalue weighted by Gasteiger charge is -2.26. The number of ether oxygens (including phenoxy) is 1. The van der Waals surface area contributed by atoms with Crippen LogP contribution in [0.25, 0.3) is 0 Å². The number of carbonyl (C=O) groups excluding carboxylic acids is 1. The zero-order valence-corrected chi connectivity index (χ0v) is 11.8. The first-order chi connectivity index (χ1) is 9.19. The molecule has 19 heavy (non-hydrogen) atoms. The standard InChI is InChI=1S/C15H22N2O2/c1-3-4-7-12(10-16)14-13(11(2)15(18)19-14)17-8-5-6-9-17/h12,14H,3-9H2,1-2H3. The number of esters is 1. The van der Waals surface area contributed by atoms with Crippen molar-refractivity contribution >= 4 is 5.97 Å². The molecule has 2 rings (SSSR count). The molecule has 2 atom stereocenters. The first kappa shape index (κ1) is 13.9. The molecule has 4 heteroatoms. The Labute approximate surface area is 115 Å². The molecule has 0 aliphatic carbocycles. The minimum absolute atomic E-state index is 0.211. The smallest absolute Gasteiger partial charge is 0.336 e. The molecule has 0 radical (unpaired) electrons. The van der Waals surface area contributed by atoms with Gasteiger partial charge >= 0.3 is 5.97 Å². The fourth-order valence-corrected chi connectivity index (χ4v) is 2.93. The second-order valence-corrected chi connectivity index (χ2v) is 5.41. The van der Waals surface area contributed by atoms with Crippen molar-refractivity contribution in [1.82, 2.24) is 4.90 Å². The van der Waals surface area contributed by atoms with Crippen molar-refractivity contribution in [3.05, 3.63) is 11.3 Å². The van der Waals surface area contributed by atoms with E-state index < -0.39 is 0 Å². The summed E-state index contributed by atoms with van der Waals surface area (Å²) in [6, 6.07) is 2.34. The number of nitrogens with zero attached hydrogens (tertiary/aromatic N) is 2. The molecule has 1 saturated heterocycles. The molecule has 2 aliphatic rings. The van der Waals surface area contributed by atoms with Gasteiger partial charge < -0.3 is 9.64 Å². The molecule has 2 heterocycles. The summed E-state index contributed by atoms with van der Waals surface area (Å²) in [6.45, 7) is 5.89. The van der Waals surface area contributed by atoms with E-state index in [1.807, 2.05) is 6.92 Å². The molecule has 0 spiro atoms. The van der Waals surface area contributed by atoms with E-state index in [0.717, 1.165) is 50.9 Å². The Bertz CT molecular complexity index is 416. The SMILES string of the molecule is CCCCC(C#N)C1OC(=O)C(C)=C1N1CCCC1. The average molecular weight is 262 g/mol. The lowest BCUT2D eigenvalue weighted by Crippen LogP contribution is -2.31. The normalized spacial score (nSPS) is 24.6. The second-order valence-electron chi connectivity index (χ2n) is 5.41. The van der Waals surface area contributed by atoms with Gasteiger partial charge in [-0.15, -0.1) is 0 Å². The van der Waals surface area contributed by atoms with Crippen LogP contribution in [0, 0.1) is 17.2 Å². The van der Waals surface area contributed by atoms with E-state index >= 15 is 0 Å². The largest absolute Gasteiger partial charge is 0.451 e. The number of rotatable bonds is 5. The van der Waals surface area contributed by atoms with Crippen LogP contribution in [0.15, 0.2) is 11.3 Å². The van der Waals surface area contributed by atoms with E-state index in [1.54, 1.807) is 0 Å². The van der Waals surface area contributed by atoms with Gasteiger partial charge in [-0.05, 0) is 26.2 Å². The fraction of sp³-hybridized carbons (Fsp3) is 0.733. The molecule has 2 unspecified atom stereocenters. The maximum atomic E-state index is 11.8. The molecule has 0 bridgehead atoms. The maximum Gasteiger partial charge on any atom is 0.336 e. The topological polar surface area (TPSA) is 53.3 Å². The number of cyclic esters (lactones) is 1. The monoisotopic (exact) mass is 262 g/mol. The predicted molar refractivity (Wildman–Crippen MR) is 72.0 cm³/mol. The van der Waals surface area contributed by atoms with Crippen molar-refractivity contribution in [2.24, 2.45) is 5.92 Å². The van der Waals surface area contributed by atoms with E-state index in [9.17, 15) is 10.1 Å². The van der Waals surface area contributed by atoms with E-state index in [2.05, 4.69) is 17.9 Å². The lowest BCUT2D eigenvalue weighted by atomic mass is 9.94. The molecule has 4 nitrogen and oxygen atoms in total. The second kappa shape index (κ2) is 6.10. The summed E-state index contributed by atoms with van der Waals surface area (Å²) >= 11 is 0. The number of hydrogen-bond donors (Lipinski definition) is 0. The quantitative estimate of drug-likeness (QED) is 0.715. The Kier molecular flexibility index (Phi) is 4.47. The highest BCUT2D eigenvalue weighted by atomic mass is 16.5. The van der Waals surface area contributed by atoms with Gasteiger partial charge in [0.25, 0.3) is 0 Å². The van der Waals surface area contributed by atoms with Crippen LogP contribution in [0.5, 0.6) is 0 Å². The van der Waals surface area contributed by atoms with E-state index in [0.29, 0.717) is 5.57 Å². The van der Waals surface area contributed by atoms with Gasteiger partial charge in [0, 0.05) is 13.1 Å². The molecule has 0 aromatic rings. The van der Waals surface area contributed by atoms with Gasteiger partial charge in [0.05, 0.1) is 23.3 Å². The Hall–Kier alpha value is -1.50. The zero-order chi connectivity index (χ0) is 13.8. The first-order valence-corrected chi connectivity index (χ1v) is 7.25. The van der Waals surface area contributed by atoms with Crippen LogP contribution in [0.1, 0.15) is 46.0 Å². The number of unbranched alkanes of at least 4 members (excludes halogenated alkanes) is 1. The van der Waals surface area contributed by atoms with Crippen molar-refractivity contribution in [2.75, 3.05) is 13.1 Å². The molecule has 0 amide bonds. The van der Waals surface area contributed by atoms with Crippen LogP contribution in [-0.2, 0) is 9.53 Å². The molecule has 104 valence electrons. The molecule has 2 aliphatic heterocycles. The number of carbonyl (C=O) groups is 1. The van der Waals surface area contributed by atoms with Gasteiger partial charge in [-0.1, -0.05) is 19.8 Å². The molecular weight excluding hydrogens is 240 g/mol. The molecule has 1 fully saturated rings. The summed E-state index contributed by atoms with van der Waals surface area (Å²) in [5, 5.41) is 9.36. The highest BCUT2D eigenvalue weighted by Crippen LogP contribution is 2.34. The summed E-state index contributed by atoms with van der Waals surface area (Å²) in [5.41, 5.74) is 1.67. The molecule has 0 saturated carbocycles. The molecule has 0 aromatic heterocycles. The van der Waals surface area contributed by atoms with Crippen molar-refractivity contribution in [3.63, 3.8) is 0 Å². The van der Waals surface area contributed by atoms with Gasteiger partial charge in [0.2, 0.25) is 0 Å². The highest BCUT2D eigenvalue weighted by Gasteiger charge is 2.40. The molecule has 0 N–H and O–H groups in total. The number of nitriles is 1. The van der Waals surface area contributed by atoms with Crippen molar-refractivity contribution in [3.8, 4) is 6.07 Å². The van der Waals surface area contributed by atoms with Crippen LogP contribution in [-0.4, -0.2) is 30.1 Å². The highest BCUT2D eigenvalue weighted by molar-refractivity contribution is 5.91. The Morgan fingerprint density at radius 2 is 2.16 bits per heavy atom. The Morgan fingerprint density at radius 1 is 1.47 bits per heavy atom. The zero-order valence-electron chi connectivity index (χ0n) is 11.8. The lowest BCUT2D eigenvalue weighted by molar-refractivity contribution is -0.141. The summed E-state index contributed by atoms with van der Waals surface area (Å²) in [4.78, 5) is 14.1. The van der Waals surface area contributed by atoms with Crippen LogP contribution in [0.2, 0.25) is 0 Å². The summed E-state index contributed by atoms with van der Waals surface area (Å²) < 4.78 is 5.47. The van der Waals surface area contributed by atoms with E-state index in [1.165, 1.54) is 0 Å². The van der Waals surface area contributed by atoms with Gasteiger partial charge in [0.1, 0.15) is 0 Å². The van der Waals surface area contributed by atoms with Crippen LogP contribution < -0.4 is 0 Å². The summed E-state index contributed by atoms with van der Waals surface area (Å²) in [6.07, 6.45) is 4.82. The minimum atomic E-state index is -0.345. The average Bonchev–Trinajstić information content (AvgIpc) is 3.01. The van der Waals surface area contributed by atoms with E-state index in [-0.39, 0.29) is 18.0 Å². The number of hydrogen-bond acceptors (Lipinski definition) is 4. The summed E-state index contributed by atoms with van der Waals surface area (Å²) in [7, 11) is 0. The maximum absolute atomic E-state index is 11.8. The van der Waals surface area contributed by atoms with Gasteiger partial charge in [-0.25, -0.2) is 4.79 Å². The third-order valence-electron chi connectivity index (χ3n) is 4.04. The van der Waals surface area contributed by atoms with Crippen molar-refractivity contribution in [2.45, 2.75) is 52.1 Å². The van der Waals surface area contributed by atoms with E-state index in [4.69, 9.17) is 4.74 Å². The first-order valence-electron chi connectivity index (χ1n) is 7.25. The fourth-order valence-electron chi connectivity index (χ4n) is 2.93. The van der Waals surface area contributed by atoms with Crippen molar-refractivity contribution < 1.29 is 9.53 Å². The number of likely N-dealkylation sites (tertiary alicyclic amines) is 1. The third-order valence-corrected chi connectivity index (χ3v) is 4.04. The van der Waals surface area contributed by atoms with Gasteiger partial charge in [-0.3, -0.25) is 0 Å². The Balaban J connectivity index is 2.19. The van der Waals surface area contributed by atoms with Crippen LogP contribution in [0.3, 0.4) is 0 Å². The minimum Gasteiger partial charge on any atom is -0.451 e. The third kappa shape index (κ3) is 2.75. The molecular formula is C15H22N2O2. The van der Waals surface area contributed by atoms with Gasteiger partial charge in [-0.2, -0.15) is 5.26 Å². The van der Waals surface area contributed by atoms with Crippen LogP contribution >= 0.6 is 0 Å². The summed E-state index contributed by atoms with van der Waals surface area (Å²) in [5.74, 6) is -0.458. The van der Waals surface area contributed by atoms with Crippen LogP contribution in [0.4, 0.5) is 0 Å². The van der Waals surface area contributed by atoms with Gasteiger partial charge in [0.15, 0.2) is 6.10 Å². The van der Waals surface area contributed by atoms with Crippen molar-refractivity contribution in [1.29, 1.82) is 5.26 Å². The Morgan fingerprint density at radius 3 is 2.74 bits per heavy atom.